The summed E-state index contributed by atoms with van der Waals surface area (Å²) < 4.78 is 8.98. The molecule has 2 aliphatic rings. The standard InChI is InChI=1S/C24H17ClN5O2S2/c1-28-12-6-9-17-20(28)26-21(32-17)19-22(31)30(15-7-4-3-5-8-15)24(34-19)27-23-29(2)16-11-10-14(25)13-18(16)33-23/h3-13H,1-2H3/q+1. The number of aryl methyl sites for hydroxylation is 1. The van der Waals surface area contributed by atoms with Crippen molar-refractivity contribution < 1.29 is 13.8 Å². The number of rotatable bonds is 2. The van der Waals surface area contributed by atoms with Crippen LogP contribution >= 0.6 is 34.7 Å². The Labute approximate surface area is 207 Å². The number of thiazole rings is 1. The summed E-state index contributed by atoms with van der Waals surface area (Å²) in [5.74, 6) is 0.443. The minimum Gasteiger partial charge on any atom is -0.434 e. The van der Waals surface area contributed by atoms with Gasteiger partial charge in [-0.1, -0.05) is 29.8 Å². The highest BCUT2D eigenvalue weighted by atomic mass is 35.5. The zero-order valence-corrected chi connectivity index (χ0v) is 20.5. The number of carbonyl (C=O) groups excluding carboxylic acids is 1. The monoisotopic (exact) mass is 506 g/mol. The molecule has 0 atom stereocenters. The second-order valence-corrected chi connectivity index (χ2v) is 10.1. The first-order valence-corrected chi connectivity index (χ1v) is 12.4. The van der Waals surface area contributed by atoms with Gasteiger partial charge in [0, 0.05) is 18.3 Å². The summed E-state index contributed by atoms with van der Waals surface area (Å²) in [6.45, 7) is 0. The van der Waals surface area contributed by atoms with E-state index in [1.165, 1.54) is 23.1 Å². The van der Waals surface area contributed by atoms with Crippen LogP contribution in [0.1, 0.15) is 0 Å². The largest absolute Gasteiger partial charge is 0.434 e. The first-order valence-electron chi connectivity index (χ1n) is 10.4. The average molecular weight is 507 g/mol. The first-order chi connectivity index (χ1) is 16.5. The van der Waals surface area contributed by atoms with E-state index in [9.17, 15) is 4.79 Å². The number of hydrogen-bond acceptors (Lipinski definition) is 7. The molecule has 10 heteroatoms. The van der Waals surface area contributed by atoms with Crippen molar-refractivity contribution in [3.8, 4) is 0 Å². The summed E-state index contributed by atoms with van der Waals surface area (Å²) in [5.41, 5.74) is 2.64. The molecule has 0 radical (unpaired) electrons. The lowest BCUT2D eigenvalue weighted by Crippen LogP contribution is -2.31. The molecule has 7 nitrogen and oxygen atoms in total. The molecule has 1 saturated heterocycles. The van der Waals surface area contributed by atoms with Gasteiger partial charge in [0.05, 0.1) is 17.4 Å². The number of para-hydroxylation sites is 1. The highest BCUT2D eigenvalue weighted by Gasteiger charge is 2.41. The van der Waals surface area contributed by atoms with Gasteiger partial charge >= 0.3 is 5.13 Å². The molecule has 0 bridgehead atoms. The minimum absolute atomic E-state index is 0.226. The van der Waals surface area contributed by atoms with Crippen LogP contribution in [0.5, 0.6) is 0 Å². The van der Waals surface area contributed by atoms with Crippen molar-refractivity contribution in [1.29, 1.82) is 0 Å². The zero-order chi connectivity index (χ0) is 23.4. The Morgan fingerprint density at radius 2 is 2.00 bits per heavy atom. The molecule has 34 heavy (non-hydrogen) atoms. The van der Waals surface area contributed by atoms with Crippen molar-refractivity contribution in [2.75, 3.05) is 16.8 Å². The van der Waals surface area contributed by atoms with Crippen molar-refractivity contribution in [3.63, 3.8) is 0 Å². The van der Waals surface area contributed by atoms with E-state index >= 15 is 0 Å². The Kier molecular flexibility index (Phi) is 5.05. The number of nitrogens with zero attached hydrogens (tertiary/aromatic N) is 5. The van der Waals surface area contributed by atoms with Crippen molar-refractivity contribution in [2.45, 2.75) is 0 Å². The minimum atomic E-state index is -0.226. The summed E-state index contributed by atoms with van der Waals surface area (Å²) >= 11 is 8.96. The van der Waals surface area contributed by atoms with Crippen LogP contribution in [0.15, 0.2) is 70.2 Å². The SMILES string of the molecule is CN1C=CC=c2oc(=C3SC(=Nc4sc5cc(Cl)ccc5[n+]4C)N(c4ccccc4)C3=O)nc21. The Morgan fingerprint density at radius 3 is 2.79 bits per heavy atom. The summed E-state index contributed by atoms with van der Waals surface area (Å²) in [6.07, 6.45) is 5.60. The number of amidine groups is 1. The van der Waals surface area contributed by atoms with Gasteiger partial charge in [-0.05, 0) is 70.6 Å². The number of amides is 1. The third-order valence-electron chi connectivity index (χ3n) is 5.48. The number of aromatic nitrogens is 2. The fourth-order valence-corrected chi connectivity index (χ4v) is 6.09. The Bertz CT molecular complexity index is 1660. The van der Waals surface area contributed by atoms with Gasteiger partial charge in [-0.25, -0.2) is 9.47 Å². The fraction of sp³-hybridized carbons (Fsp3) is 0.0833. The molecule has 0 saturated carbocycles. The van der Waals surface area contributed by atoms with Gasteiger partial charge in [0.15, 0.2) is 11.2 Å². The van der Waals surface area contributed by atoms with Gasteiger partial charge in [0.25, 0.3) is 11.1 Å². The van der Waals surface area contributed by atoms with Crippen molar-refractivity contribution in [3.05, 3.63) is 76.8 Å². The predicted molar refractivity (Wildman–Crippen MR) is 138 cm³/mol. The third-order valence-corrected chi connectivity index (χ3v) is 7.82. The second kappa shape index (κ2) is 8.12. The first kappa shape index (κ1) is 21.2. The van der Waals surface area contributed by atoms with Gasteiger partial charge in [-0.15, -0.1) is 0 Å². The Balaban J connectivity index is 1.53. The normalized spacial score (nSPS) is 18.2. The van der Waals surface area contributed by atoms with Crippen molar-refractivity contribution in [2.24, 2.45) is 12.0 Å². The number of oxazole rings is 1. The molecule has 0 unspecified atom stereocenters. The molecule has 6 rings (SSSR count). The molecule has 0 aliphatic carbocycles. The number of fused-ring (bicyclic) bond motifs is 2. The molecular weight excluding hydrogens is 490 g/mol. The van der Waals surface area contributed by atoms with Gasteiger partial charge in [-0.3, -0.25) is 4.79 Å². The zero-order valence-electron chi connectivity index (χ0n) is 18.1. The molecule has 4 aromatic rings. The lowest BCUT2D eigenvalue weighted by Gasteiger charge is -2.11. The summed E-state index contributed by atoms with van der Waals surface area (Å²) in [4.78, 5) is 27.0. The molecule has 2 aromatic carbocycles. The highest BCUT2D eigenvalue weighted by Crippen LogP contribution is 2.37. The lowest BCUT2D eigenvalue weighted by atomic mass is 10.3. The maximum atomic E-state index is 13.6. The quantitative estimate of drug-likeness (QED) is 0.388. The van der Waals surface area contributed by atoms with Crippen molar-refractivity contribution >= 4 is 83.6 Å². The molecule has 1 amide bonds. The van der Waals surface area contributed by atoms with Gasteiger partial charge in [-0.2, -0.15) is 4.98 Å². The third kappa shape index (κ3) is 3.44. The maximum absolute atomic E-state index is 13.6. The molecule has 1 fully saturated rings. The van der Waals surface area contributed by atoms with E-state index in [2.05, 4.69) is 4.98 Å². The van der Waals surface area contributed by atoms with E-state index in [0.717, 1.165) is 21.0 Å². The van der Waals surface area contributed by atoms with E-state index < -0.39 is 0 Å². The molecule has 168 valence electrons. The molecule has 2 aliphatic heterocycles. The van der Waals surface area contributed by atoms with E-state index in [0.29, 0.717) is 26.3 Å². The number of benzene rings is 2. The molecule has 4 heterocycles. The van der Waals surface area contributed by atoms with Crippen LogP contribution in [-0.4, -0.2) is 23.1 Å². The van der Waals surface area contributed by atoms with Gasteiger partial charge < -0.3 is 9.32 Å². The molecule has 2 aromatic heterocycles. The van der Waals surface area contributed by atoms with E-state index in [4.69, 9.17) is 21.0 Å². The van der Waals surface area contributed by atoms with E-state index in [-0.39, 0.29) is 11.5 Å². The van der Waals surface area contributed by atoms with Crippen LogP contribution in [0.2, 0.25) is 5.02 Å². The molecule has 0 spiro atoms. The van der Waals surface area contributed by atoms with Gasteiger partial charge in [0.2, 0.25) is 5.55 Å². The van der Waals surface area contributed by atoms with E-state index in [1.54, 1.807) is 4.90 Å². The summed E-state index contributed by atoms with van der Waals surface area (Å²) in [7, 11) is 3.84. The van der Waals surface area contributed by atoms with E-state index in [1.807, 2.05) is 90.4 Å². The Morgan fingerprint density at radius 1 is 1.18 bits per heavy atom. The number of carbonyl (C=O) groups is 1. The van der Waals surface area contributed by atoms with Gasteiger partial charge in [0.1, 0.15) is 10.4 Å². The Hall–Kier alpha value is -3.40. The van der Waals surface area contributed by atoms with Crippen LogP contribution in [0.25, 0.3) is 21.2 Å². The molecule has 0 N–H and O–H groups in total. The van der Waals surface area contributed by atoms with Crippen LogP contribution in [0.3, 0.4) is 0 Å². The topological polar surface area (TPSA) is 65.8 Å². The second-order valence-electron chi connectivity index (χ2n) is 7.68. The predicted octanol–water partition coefficient (Wildman–Crippen LogP) is 3.69. The highest BCUT2D eigenvalue weighted by molar-refractivity contribution is 8.23. The maximum Gasteiger partial charge on any atom is 0.385 e. The number of anilines is 2. The molecular formula is C24H17ClN5O2S2+. The number of allylic oxidation sites excluding steroid dienone is 1. The fourth-order valence-electron chi connectivity index (χ4n) is 3.79. The van der Waals surface area contributed by atoms with Crippen LogP contribution in [0, 0.1) is 0 Å². The number of aliphatic imine (C=N–C) groups is 1. The van der Waals surface area contributed by atoms with Crippen LogP contribution < -0.4 is 25.3 Å². The lowest BCUT2D eigenvalue weighted by molar-refractivity contribution is -0.627. The summed E-state index contributed by atoms with van der Waals surface area (Å²) in [5, 5.41) is 1.95. The average Bonchev–Trinajstić information content (AvgIpc) is 3.49. The smallest absolute Gasteiger partial charge is 0.385 e. The number of thioether (sulfide) groups is 1. The number of halogens is 1. The summed E-state index contributed by atoms with van der Waals surface area (Å²) in [6, 6.07) is 15.2. The van der Waals surface area contributed by atoms with Crippen LogP contribution in [0.4, 0.5) is 16.6 Å². The van der Waals surface area contributed by atoms with Crippen molar-refractivity contribution in [1.82, 2.24) is 4.98 Å². The van der Waals surface area contributed by atoms with Crippen LogP contribution in [-0.2, 0) is 11.8 Å². The number of hydrogen-bond donors (Lipinski definition) is 0.